The molecule has 0 radical (unpaired) electrons. The van der Waals surface area contributed by atoms with Gasteiger partial charge in [0.1, 0.15) is 0 Å². The van der Waals surface area contributed by atoms with E-state index in [1.807, 2.05) is 30.3 Å². The number of benzene rings is 1. The Morgan fingerprint density at radius 3 is 1.73 bits per heavy atom. The van der Waals surface area contributed by atoms with Crippen molar-refractivity contribution >= 4 is 19.4 Å². The van der Waals surface area contributed by atoms with Gasteiger partial charge >= 0.3 is 198 Å². The van der Waals surface area contributed by atoms with Crippen LogP contribution in [-0.2, 0) is 27.7 Å². The topological polar surface area (TPSA) is 83.1 Å². The van der Waals surface area contributed by atoms with Gasteiger partial charge in [0, 0.05) is 0 Å². The van der Waals surface area contributed by atoms with Gasteiger partial charge in [0.05, 0.1) is 0 Å². The second-order valence-corrected chi connectivity index (χ2v) is 13.1. The second kappa shape index (κ2) is 9.99. The summed E-state index contributed by atoms with van der Waals surface area (Å²) in [5.74, 6) is -1.93. The van der Waals surface area contributed by atoms with Crippen LogP contribution >= 0.6 is 7.51 Å². The van der Waals surface area contributed by atoms with Gasteiger partial charge in [0.15, 0.2) is 0 Å². The van der Waals surface area contributed by atoms with Crippen LogP contribution in [0, 0.1) is 0 Å². The normalized spacial score (nSPS) is 24.1. The molecule has 0 aromatic heterocycles. The molecular weight excluding hydrogens is 441 g/mol. The number of nitrogens with one attached hydrogen (secondary N) is 1. The first kappa shape index (κ1) is 26.1. The van der Waals surface area contributed by atoms with Crippen LogP contribution in [0.25, 0.3) is 0 Å². The molecular formula is C25H40NO6P. The molecule has 0 saturated carbocycles. The van der Waals surface area contributed by atoms with Crippen molar-refractivity contribution in [3.8, 4) is 0 Å². The molecule has 0 bridgehead atoms. The van der Waals surface area contributed by atoms with Crippen molar-refractivity contribution in [1.29, 1.82) is 0 Å². The van der Waals surface area contributed by atoms with E-state index in [9.17, 15) is 9.59 Å². The molecule has 0 amide bonds. The second-order valence-electron chi connectivity index (χ2n) is 10.1. The van der Waals surface area contributed by atoms with E-state index in [4.69, 9.17) is 18.1 Å². The standard InChI is InChI=1S/C25H40NO6P/c1-6-7-8-9-10-11-12-16-19-26-21(20-17-14-13-15-18-20)33(29-22(27)24(2,3)31-33)30-23(28)25(4,5)32-33/h13-15,17-18,21,26H,6-12,16,19H2,1-5H3. The molecule has 7 nitrogen and oxygen atoms in total. The Kier molecular flexibility index (Phi) is 7.89. The molecule has 2 fully saturated rings. The van der Waals surface area contributed by atoms with Gasteiger partial charge < -0.3 is 0 Å². The molecule has 2 aliphatic heterocycles. The van der Waals surface area contributed by atoms with Crippen molar-refractivity contribution in [2.24, 2.45) is 0 Å². The zero-order valence-electron chi connectivity index (χ0n) is 20.7. The van der Waals surface area contributed by atoms with Gasteiger partial charge in [-0.1, -0.05) is 0 Å². The molecule has 1 spiro atoms. The van der Waals surface area contributed by atoms with Crippen LogP contribution in [0.3, 0.4) is 0 Å². The molecule has 8 heteroatoms. The third kappa shape index (κ3) is 5.43. The van der Waals surface area contributed by atoms with Gasteiger partial charge in [-0.3, -0.25) is 0 Å². The number of unbranched alkanes of at least 4 members (excludes halogenated alkanes) is 7. The first-order valence-corrected chi connectivity index (χ1v) is 14.2. The van der Waals surface area contributed by atoms with Crippen LogP contribution in [0.4, 0.5) is 0 Å². The Labute approximate surface area is 198 Å². The number of hydrogen-bond acceptors (Lipinski definition) is 7. The van der Waals surface area contributed by atoms with E-state index in [1.165, 1.54) is 38.5 Å². The fraction of sp³-hybridized carbons (Fsp3) is 0.680. The van der Waals surface area contributed by atoms with Crippen molar-refractivity contribution in [2.75, 3.05) is 6.54 Å². The molecule has 1 atom stereocenters. The average Bonchev–Trinajstić information content (AvgIpc) is 3.07. The quantitative estimate of drug-likeness (QED) is 0.276. The molecule has 2 saturated heterocycles. The fourth-order valence-electron chi connectivity index (χ4n) is 4.38. The molecule has 3 rings (SSSR count). The molecule has 1 N–H and O–H groups in total. The summed E-state index contributed by atoms with van der Waals surface area (Å²) < 4.78 is 24.4. The first-order chi connectivity index (χ1) is 15.5. The number of carbonyl (C=O) groups excluding carboxylic acids is 2. The van der Waals surface area contributed by atoms with Gasteiger partial charge in [0.2, 0.25) is 0 Å². The minimum absolute atomic E-state index is 0.597. The Morgan fingerprint density at radius 2 is 1.27 bits per heavy atom. The van der Waals surface area contributed by atoms with Crippen molar-refractivity contribution in [3.63, 3.8) is 0 Å². The summed E-state index contributed by atoms with van der Waals surface area (Å²) in [5, 5.41) is 3.48. The van der Waals surface area contributed by atoms with Crippen LogP contribution in [-0.4, -0.2) is 29.7 Å². The summed E-state index contributed by atoms with van der Waals surface area (Å²) in [6.07, 6.45) is 9.60. The molecule has 186 valence electrons. The van der Waals surface area contributed by atoms with Crippen molar-refractivity contribution < 1.29 is 27.7 Å². The molecule has 1 aromatic carbocycles. The number of rotatable bonds is 12. The van der Waals surface area contributed by atoms with E-state index in [0.29, 0.717) is 6.54 Å². The number of carbonyl (C=O) groups is 2. The van der Waals surface area contributed by atoms with E-state index in [2.05, 4.69) is 12.2 Å². The molecule has 2 aliphatic rings. The SMILES string of the molecule is CCCCCCCCCCNC(c1ccccc1)P12(OC(=O)C(C)(C)O1)OC(=O)C(C)(C)O2. The molecule has 0 aliphatic carbocycles. The van der Waals surface area contributed by atoms with Gasteiger partial charge in [0.25, 0.3) is 0 Å². The summed E-state index contributed by atoms with van der Waals surface area (Å²) in [7, 11) is -4.70. The van der Waals surface area contributed by atoms with Crippen LogP contribution in [0.5, 0.6) is 0 Å². The average molecular weight is 482 g/mol. The van der Waals surface area contributed by atoms with Crippen LogP contribution in [0.15, 0.2) is 30.3 Å². The molecule has 1 aromatic rings. The van der Waals surface area contributed by atoms with Crippen molar-refractivity contribution in [1.82, 2.24) is 5.32 Å². The van der Waals surface area contributed by atoms with Crippen LogP contribution in [0.1, 0.15) is 97.3 Å². The zero-order valence-corrected chi connectivity index (χ0v) is 21.6. The summed E-state index contributed by atoms with van der Waals surface area (Å²) in [5.41, 5.74) is -1.82. The van der Waals surface area contributed by atoms with Gasteiger partial charge in [-0.25, -0.2) is 0 Å². The minimum atomic E-state index is -4.70. The predicted octanol–water partition coefficient (Wildman–Crippen LogP) is 6.33. The maximum atomic E-state index is 12.8. The van der Waals surface area contributed by atoms with E-state index in [0.717, 1.165) is 18.4 Å². The van der Waals surface area contributed by atoms with Gasteiger partial charge in [-0.15, -0.1) is 0 Å². The Hall–Kier alpha value is -1.53. The van der Waals surface area contributed by atoms with E-state index < -0.39 is 36.4 Å². The van der Waals surface area contributed by atoms with Gasteiger partial charge in [-0.2, -0.15) is 0 Å². The Balaban J connectivity index is 1.80. The Bertz CT molecular complexity index is 805. The number of hydrogen-bond donors (Lipinski definition) is 1. The van der Waals surface area contributed by atoms with E-state index in [1.54, 1.807) is 27.7 Å². The van der Waals surface area contributed by atoms with Crippen LogP contribution in [0.2, 0.25) is 0 Å². The van der Waals surface area contributed by atoms with Crippen LogP contribution < -0.4 is 5.32 Å². The monoisotopic (exact) mass is 481 g/mol. The predicted molar refractivity (Wildman–Crippen MR) is 129 cm³/mol. The van der Waals surface area contributed by atoms with Crippen molar-refractivity contribution in [2.45, 2.75) is 103 Å². The third-order valence-electron chi connectivity index (χ3n) is 6.17. The maximum absolute atomic E-state index is 12.8. The molecule has 1 unspecified atom stereocenters. The fourth-order valence-corrected chi connectivity index (χ4v) is 8.94. The first-order valence-electron chi connectivity index (χ1n) is 12.3. The zero-order chi connectivity index (χ0) is 24.2. The summed E-state index contributed by atoms with van der Waals surface area (Å²) >= 11 is 0. The van der Waals surface area contributed by atoms with E-state index in [-0.39, 0.29) is 0 Å². The summed E-state index contributed by atoms with van der Waals surface area (Å²) in [6, 6.07) is 9.49. The molecule has 2 heterocycles. The van der Waals surface area contributed by atoms with Gasteiger partial charge in [-0.05, 0) is 0 Å². The summed E-state index contributed by atoms with van der Waals surface area (Å²) in [4.78, 5) is 25.7. The van der Waals surface area contributed by atoms with Crippen molar-refractivity contribution in [3.05, 3.63) is 35.9 Å². The summed E-state index contributed by atoms with van der Waals surface area (Å²) in [6.45, 7) is 9.32. The van der Waals surface area contributed by atoms with E-state index >= 15 is 0 Å². The third-order valence-corrected chi connectivity index (χ3v) is 10.1. The molecule has 33 heavy (non-hydrogen) atoms. The Morgan fingerprint density at radius 1 is 0.788 bits per heavy atom.